The molecule has 1 aliphatic rings. The van der Waals surface area contributed by atoms with E-state index in [2.05, 4.69) is 20.9 Å². The van der Waals surface area contributed by atoms with Crippen LogP contribution in [-0.2, 0) is 9.59 Å². The van der Waals surface area contributed by atoms with Crippen molar-refractivity contribution in [2.75, 3.05) is 29.6 Å². The van der Waals surface area contributed by atoms with E-state index in [0.29, 0.717) is 53.8 Å². The van der Waals surface area contributed by atoms with E-state index >= 15 is 0 Å². The molecule has 4 aromatic carbocycles. The van der Waals surface area contributed by atoms with Gasteiger partial charge >= 0.3 is 0 Å². The van der Waals surface area contributed by atoms with E-state index in [0.717, 1.165) is 21.4 Å². The minimum absolute atomic E-state index is 0.102. The van der Waals surface area contributed by atoms with Crippen molar-refractivity contribution in [3.8, 4) is 11.5 Å². The number of ether oxygens (including phenoxy) is 2. The molecule has 0 atom stereocenters. The van der Waals surface area contributed by atoms with Crippen LogP contribution in [0.2, 0.25) is 0 Å². The maximum Gasteiger partial charge on any atom is 0.272 e. The van der Waals surface area contributed by atoms with Crippen molar-refractivity contribution in [2.45, 2.75) is 11.3 Å². The monoisotopic (exact) mass is 618 g/mol. The summed E-state index contributed by atoms with van der Waals surface area (Å²) >= 11 is 1.54. The number of aromatic nitrogens is 1. The van der Waals surface area contributed by atoms with E-state index in [1.165, 1.54) is 11.8 Å². The molecule has 0 fully saturated rings. The van der Waals surface area contributed by atoms with Crippen LogP contribution in [0.5, 0.6) is 11.5 Å². The molecule has 6 rings (SSSR count). The maximum atomic E-state index is 13.4. The minimum atomic E-state index is -0.458. The van der Waals surface area contributed by atoms with Gasteiger partial charge in [-0.25, -0.2) is 0 Å². The zero-order valence-electron chi connectivity index (χ0n) is 24.2. The lowest BCUT2D eigenvalue weighted by molar-refractivity contribution is -0.116. The molecule has 0 saturated heterocycles. The molecule has 0 radical (unpaired) electrons. The Morgan fingerprint density at radius 3 is 2.36 bits per heavy atom. The SMILES string of the molecule is O=C(CCSc1ccc(NC(=O)/C(=C/c2c[nH]c3ccccc23)NC(=O)c2ccccc2)cc1)Nc1ccc2c(c1)OCCO2. The lowest BCUT2D eigenvalue weighted by Crippen LogP contribution is -2.30. The van der Waals surface area contributed by atoms with Gasteiger partial charge in [0.05, 0.1) is 0 Å². The molecule has 0 unspecified atom stereocenters. The van der Waals surface area contributed by atoms with Gasteiger partial charge in [-0.1, -0.05) is 36.4 Å². The normalized spacial score (nSPS) is 12.4. The van der Waals surface area contributed by atoms with Crippen LogP contribution < -0.4 is 25.4 Å². The summed E-state index contributed by atoms with van der Waals surface area (Å²) in [5.74, 6) is 0.927. The van der Waals surface area contributed by atoms with Crippen molar-refractivity contribution in [1.82, 2.24) is 10.3 Å². The lowest BCUT2D eigenvalue weighted by Gasteiger charge is -2.19. The Morgan fingerprint density at radius 1 is 0.800 bits per heavy atom. The summed E-state index contributed by atoms with van der Waals surface area (Å²) in [7, 11) is 0. The first-order valence-corrected chi connectivity index (χ1v) is 15.4. The van der Waals surface area contributed by atoms with Crippen molar-refractivity contribution in [3.05, 3.63) is 120 Å². The molecule has 1 aliphatic heterocycles. The number of nitrogens with one attached hydrogen (secondary N) is 4. The van der Waals surface area contributed by atoms with E-state index in [-0.39, 0.29) is 17.5 Å². The summed E-state index contributed by atoms with van der Waals surface area (Å²) < 4.78 is 11.1. The molecule has 0 saturated carbocycles. The molecule has 9 nitrogen and oxygen atoms in total. The number of fused-ring (bicyclic) bond motifs is 2. The van der Waals surface area contributed by atoms with Crippen LogP contribution in [0.25, 0.3) is 17.0 Å². The fourth-order valence-electron chi connectivity index (χ4n) is 4.75. The van der Waals surface area contributed by atoms with Crippen LogP contribution in [-0.4, -0.2) is 41.7 Å². The van der Waals surface area contributed by atoms with Crippen LogP contribution in [0.3, 0.4) is 0 Å². The van der Waals surface area contributed by atoms with Gasteiger partial charge in [0, 0.05) is 62.7 Å². The van der Waals surface area contributed by atoms with Gasteiger partial charge < -0.3 is 30.4 Å². The van der Waals surface area contributed by atoms with Crippen molar-refractivity contribution in [1.29, 1.82) is 0 Å². The molecule has 4 N–H and O–H groups in total. The predicted molar refractivity (Wildman–Crippen MR) is 177 cm³/mol. The van der Waals surface area contributed by atoms with Crippen molar-refractivity contribution >= 4 is 57.8 Å². The van der Waals surface area contributed by atoms with Crippen LogP contribution in [0.1, 0.15) is 22.3 Å². The molecule has 45 heavy (non-hydrogen) atoms. The van der Waals surface area contributed by atoms with E-state index in [1.807, 2.05) is 42.5 Å². The van der Waals surface area contributed by atoms with Crippen molar-refractivity contribution in [2.24, 2.45) is 0 Å². The number of carbonyl (C=O) groups excluding carboxylic acids is 3. The Bertz CT molecular complexity index is 1870. The van der Waals surface area contributed by atoms with Gasteiger partial charge in [-0.05, 0) is 60.7 Å². The fourth-order valence-corrected chi connectivity index (χ4v) is 5.60. The number of hydrogen-bond acceptors (Lipinski definition) is 6. The highest BCUT2D eigenvalue weighted by Crippen LogP contribution is 2.32. The first kappa shape index (κ1) is 29.6. The van der Waals surface area contributed by atoms with Crippen molar-refractivity contribution in [3.63, 3.8) is 0 Å². The number of H-pyrrole nitrogens is 1. The number of anilines is 2. The number of thioether (sulfide) groups is 1. The zero-order chi connectivity index (χ0) is 31.0. The Kier molecular flexibility index (Phi) is 9.12. The quantitative estimate of drug-likeness (QED) is 0.105. The highest BCUT2D eigenvalue weighted by molar-refractivity contribution is 7.99. The number of benzene rings is 4. The Morgan fingerprint density at radius 2 is 1.53 bits per heavy atom. The average Bonchev–Trinajstić information content (AvgIpc) is 3.48. The molecule has 1 aromatic heterocycles. The van der Waals surface area contributed by atoms with Crippen LogP contribution >= 0.6 is 11.8 Å². The van der Waals surface area contributed by atoms with E-state index < -0.39 is 5.91 Å². The predicted octanol–water partition coefficient (Wildman–Crippen LogP) is 6.47. The topological polar surface area (TPSA) is 122 Å². The Balaban J connectivity index is 1.07. The molecule has 2 heterocycles. The van der Waals surface area contributed by atoms with Crippen LogP contribution in [0.15, 0.2) is 114 Å². The number of para-hydroxylation sites is 1. The van der Waals surface area contributed by atoms with Crippen LogP contribution in [0, 0.1) is 0 Å². The van der Waals surface area contributed by atoms with Crippen molar-refractivity contribution < 1.29 is 23.9 Å². The van der Waals surface area contributed by atoms with E-state index in [9.17, 15) is 14.4 Å². The highest BCUT2D eigenvalue weighted by Gasteiger charge is 2.17. The summed E-state index contributed by atoms with van der Waals surface area (Å²) in [5.41, 5.74) is 3.47. The molecule has 0 spiro atoms. The first-order valence-electron chi connectivity index (χ1n) is 14.4. The zero-order valence-corrected chi connectivity index (χ0v) is 25.0. The smallest absolute Gasteiger partial charge is 0.272 e. The van der Waals surface area contributed by atoms with E-state index in [1.54, 1.807) is 66.9 Å². The Labute approximate surface area is 264 Å². The molecule has 5 aromatic rings. The third-order valence-corrected chi connectivity index (χ3v) is 8.00. The van der Waals surface area contributed by atoms with Gasteiger partial charge in [-0.15, -0.1) is 11.8 Å². The number of carbonyl (C=O) groups is 3. The molecule has 3 amide bonds. The standard InChI is InChI=1S/C35H30N4O5S/c40-33(37-26-12-15-31-32(21-26)44-18-17-43-31)16-19-45-27-13-10-25(11-14-27)38-35(42)30(39-34(41)23-6-2-1-3-7-23)20-24-22-36-29-9-5-4-8-28(24)29/h1-15,20-22,36H,16-19H2,(H,37,40)(H,38,42)(H,39,41)/b30-20-. The summed E-state index contributed by atoms with van der Waals surface area (Å²) in [5, 5.41) is 9.49. The molecule has 0 bridgehead atoms. The van der Waals surface area contributed by atoms with E-state index in [4.69, 9.17) is 9.47 Å². The average molecular weight is 619 g/mol. The van der Waals surface area contributed by atoms with Crippen LogP contribution in [0.4, 0.5) is 11.4 Å². The summed E-state index contributed by atoms with van der Waals surface area (Å²) in [6, 6.07) is 29.2. The highest BCUT2D eigenvalue weighted by atomic mass is 32.2. The number of rotatable bonds is 10. The van der Waals surface area contributed by atoms with Gasteiger partial charge in [-0.3, -0.25) is 14.4 Å². The van der Waals surface area contributed by atoms with Gasteiger partial charge in [0.15, 0.2) is 11.5 Å². The molecular weight excluding hydrogens is 588 g/mol. The second kappa shape index (κ2) is 13.9. The summed E-state index contributed by atoms with van der Waals surface area (Å²) in [4.78, 5) is 43.0. The third kappa shape index (κ3) is 7.54. The molecular formula is C35H30N4O5S. The number of hydrogen-bond donors (Lipinski definition) is 4. The summed E-state index contributed by atoms with van der Waals surface area (Å²) in [6.45, 7) is 0.997. The second-order valence-electron chi connectivity index (χ2n) is 10.2. The maximum absolute atomic E-state index is 13.4. The molecule has 0 aliphatic carbocycles. The van der Waals surface area contributed by atoms with Gasteiger partial charge in [0.25, 0.3) is 11.8 Å². The number of amides is 3. The fraction of sp³-hybridized carbons (Fsp3) is 0.114. The third-order valence-electron chi connectivity index (χ3n) is 6.99. The first-order chi connectivity index (χ1) is 22.0. The minimum Gasteiger partial charge on any atom is -0.486 e. The van der Waals surface area contributed by atoms with Gasteiger partial charge in [0.1, 0.15) is 18.9 Å². The molecule has 10 heteroatoms. The largest absolute Gasteiger partial charge is 0.486 e. The summed E-state index contributed by atoms with van der Waals surface area (Å²) in [6.07, 6.45) is 3.78. The van der Waals surface area contributed by atoms with Gasteiger partial charge in [-0.2, -0.15) is 0 Å². The number of aromatic amines is 1. The van der Waals surface area contributed by atoms with Gasteiger partial charge in [0.2, 0.25) is 5.91 Å². The lowest BCUT2D eigenvalue weighted by atomic mass is 10.1. The molecule has 226 valence electrons. The Hall–Kier alpha value is -5.48. The second-order valence-corrected chi connectivity index (χ2v) is 11.3.